The number of carbonyl (C=O) groups excluding carboxylic acids is 1. The van der Waals surface area contributed by atoms with Gasteiger partial charge in [0.1, 0.15) is 5.69 Å². The molecular weight excluding hydrogens is 390 g/mol. The summed E-state index contributed by atoms with van der Waals surface area (Å²) >= 11 is 0. The van der Waals surface area contributed by atoms with Crippen LogP contribution in [-0.2, 0) is 22.6 Å². The molecule has 0 saturated heterocycles. The lowest BCUT2D eigenvalue weighted by atomic mass is 9.98. The van der Waals surface area contributed by atoms with Crippen LogP contribution in [0.5, 0.6) is 0 Å². The number of rotatable bonds is 6. The summed E-state index contributed by atoms with van der Waals surface area (Å²) in [6.45, 7) is 0.282. The fourth-order valence-corrected chi connectivity index (χ4v) is 3.69. The van der Waals surface area contributed by atoms with E-state index in [9.17, 15) is 4.79 Å². The summed E-state index contributed by atoms with van der Waals surface area (Å²) in [5.41, 5.74) is 3.59. The molecule has 1 unspecified atom stereocenters. The van der Waals surface area contributed by atoms with Crippen molar-refractivity contribution in [3.8, 4) is 5.69 Å². The predicted octanol–water partition coefficient (Wildman–Crippen LogP) is 3.42. The van der Waals surface area contributed by atoms with E-state index in [2.05, 4.69) is 44.9 Å². The van der Waals surface area contributed by atoms with Gasteiger partial charge in [0.05, 0.1) is 24.1 Å². The summed E-state index contributed by atoms with van der Waals surface area (Å²) in [5, 5.41) is 18.1. The van der Waals surface area contributed by atoms with E-state index in [0.29, 0.717) is 18.5 Å². The monoisotopic (exact) mass is 411 g/mol. The average Bonchev–Trinajstić information content (AvgIpc) is 3.48. The SMILES string of the molecule is O=C(NCc1cnn(-c2ccccc2)n1)C1CC(Cc2cccc3ccccc23)=NO1. The van der Waals surface area contributed by atoms with Gasteiger partial charge in [0.25, 0.3) is 5.91 Å². The number of hydrogen-bond donors (Lipinski definition) is 1. The summed E-state index contributed by atoms with van der Waals surface area (Å²) in [5.74, 6) is -0.203. The zero-order valence-electron chi connectivity index (χ0n) is 16.8. The third kappa shape index (κ3) is 4.16. The summed E-state index contributed by atoms with van der Waals surface area (Å²) in [4.78, 5) is 19.5. The number of para-hydroxylation sites is 1. The molecule has 0 fully saturated rings. The number of hydrogen-bond acceptors (Lipinski definition) is 5. The van der Waals surface area contributed by atoms with Crippen molar-refractivity contribution in [2.75, 3.05) is 0 Å². The molecule has 0 saturated carbocycles. The van der Waals surface area contributed by atoms with Crippen molar-refractivity contribution in [1.82, 2.24) is 20.3 Å². The summed E-state index contributed by atoms with van der Waals surface area (Å²) < 4.78 is 0. The van der Waals surface area contributed by atoms with Crippen molar-refractivity contribution >= 4 is 22.4 Å². The number of nitrogens with one attached hydrogen (secondary N) is 1. The van der Waals surface area contributed by atoms with Crippen LogP contribution in [0.4, 0.5) is 0 Å². The highest BCUT2D eigenvalue weighted by Crippen LogP contribution is 2.22. The molecule has 1 amide bonds. The topological polar surface area (TPSA) is 81.4 Å². The molecule has 3 aromatic carbocycles. The Hall–Kier alpha value is -4.00. The summed E-state index contributed by atoms with van der Waals surface area (Å²) in [7, 11) is 0. The zero-order valence-corrected chi connectivity index (χ0v) is 16.8. The molecule has 7 nitrogen and oxygen atoms in total. The molecule has 2 heterocycles. The second kappa shape index (κ2) is 8.39. The van der Waals surface area contributed by atoms with Crippen LogP contribution in [0.1, 0.15) is 17.7 Å². The Labute approximate surface area is 179 Å². The maximum absolute atomic E-state index is 12.5. The van der Waals surface area contributed by atoms with Gasteiger partial charge in [-0.05, 0) is 28.5 Å². The van der Waals surface area contributed by atoms with Crippen molar-refractivity contribution in [2.24, 2.45) is 5.16 Å². The molecular formula is C24H21N5O2. The quantitative estimate of drug-likeness (QED) is 0.527. The molecule has 0 radical (unpaired) electrons. The van der Waals surface area contributed by atoms with Gasteiger partial charge < -0.3 is 10.2 Å². The Morgan fingerprint density at radius 3 is 2.74 bits per heavy atom. The van der Waals surface area contributed by atoms with Gasteiger partial charge in [-0.15, -0.1) is 0 Å². The molecule has 1 aliphatic rings. The number of benzene rings is 3. The Morgan fingerprint density at radius 2 is 1.84 bits per heavy atom. The molecule has 1 aromatic heterocycles. The van der Waals surface area contributed by atoms with Crippen molar-refractivity contribution < 1.29 is 9.63 Å². The zero-order chi connectivity index (χ0) is 21.0. The molecule has 7 heteroatoms. The molecule has 31 heavy (non-hydrogen) atoms. The highest BCUT2D eigenvalue weighted by molar-refractivity contribution is 5.96. The van der Waals surface area contributed by atoms with Gasteiger partial charge in [0.15, 0.2) is 0 Å². The molecule has 154 valence electrons. The first-order chi connectivity index (χ1) is 15.3. The lowest BCUT2D eigenvalue weighted by Gasteiger charge is -2.08. The van der Waals surface area contributed by atoms with E-state index in [1.165, 1.54) is 16.3 Å². The van der Waals surface area contributed by atoms with Crippen LogP contribution in [0.2, 0.25) is 0 Å². The first-order valence-corrected chi connectivity index (χ1v) is 10.2. The van der Waals surface area contributed by atoms with Crippen LogP contribution in [0.15, 0.2) is 84.1 Å². The fraction of sp³-hybridized carbons (Fsp3) is 0.167. The van der Waals surface area contributed by atoms with Gasteiger partial charge in [-0.25, -0.2) is 0 Å². The first kappa shape index (κ1) is 19.0. The van der Waals surface area contributed by atoms with Gasteiger partial charge in [-0.1, -0.05) is 65.8 Å². The van der Waals surface area contributed by atoms with E-state index in [1.807, 2.05) is 48.5 Å². The Morgan fingerprint density at radius 1 is 1.03 bits per heavy atom. The van der Waals surface area contributed by atoms with E-state index in [1.54, 1.807) is 11.0 Å². The van der Waals surface area contributed by atoms with Gasteiger partial charge in [-0.3, -0.25) is 4.79 Å². The third-order valence-electron chi connectivity index (χ3n) is 5.27. The molecule has 0 bridgehead atoms. The summed E-state index contributed by atoms with van der Waals surface area (Å²) in [6, 6.07) is 24.1. The normalized spacial score (nSPS) is 15.5. The van der Waals surface area contributed by atoms with E-state index < -0.39 is 6.10 Å². The van der Waals surface area contributed by atoms with Crippen LogP contribution in [0.3, 0.4) is 0 Å². The highest BCUT2D eigenvalue weighted by Gasteiger charge is 2.28. The Bertz CT molecular complexity index is 1240. The number of fused-ring (bicyclic) bond motifs is 1. The van der Waals surface area contributed by atoms with Crippen molar-refractivity contribution in [3.63, 3.8) is 0 Å². The molecule has 1 aliphatic heterocycles. The molecule has 0 spiro atoms. The van der Waals surface area contributed by atoms with E-state index in [-0.39, 0.29) is 12.5 Å². The maximum atomic E-state index is 12.5. The molecule has 1 atom stereocenters. The van der Waals surface area contributed by atoms with Gasteiger partial charge in [0, 0.05) is 12.8 Å². The highest BCUT2D eigenvalue weighted by atomic mass is 16.6. The maximum Gasteiger partial charge on any atom is 0.264 e. The lowest BCUT2D eigenvalue weighted by Crippen LogP contribution is -2.34. The second-order valence-corrected chi connectivity index (χ2v) is 7.45. The number of carbonyl (C=O) groups is 1. The van der Waals surface area contributed by atoms with Crippen LogP contribution in [-0.4, -0.2) is 32.7 Å². The molecule has 0 aliphatic carbocycles. The minimum atomic E-state index is -0.617. The van der Waals surface area contributed by atoms with Crippen LogP contribution in [0.25, 0.3) is 16.5 Å². The summed E-state index contributed by atoms with van der Waals surface area (Å²) in [6.07, 6.45) is 2.17. The minimum Gasteiger partial charge on any atom is -0.382 e. The third-order valence-corrected chi connectivity index (χ3v) is 5.27. The van der Waals surface area contributed by atoms with E-state index >= 15 is 0 Å². The second-order valence-electron chi connectivity index (χ2n) is 7.45. The number of aromatic nitrogens is 3. The molecule has 5 rings (SSSR count). The van der Waals surface area contributed by atoms with Gasteiger partial charge >= 0.3 is 0 Å². The lowest BCUT2D eigenvalue weighted by molar-refractivity contribution is -0.131. The van der Waals surface area contributed by atoms with Crippen LogP contribution in [0, 0.1) is 0 Å². The van der Waals surface area contributed by atoms with Gasteiger partial charge in [0.2, 0.25) is 6.10 Å². The van der Waals surface area contributed by atoms with Gasteiger partial charge in [-0.2, -0.15) is 15.0 Å². The largest absolute Gasteiger partial charge is 0.382 e. The van der Waals surface area contributed by atoms with Crippen LogP contribution < -0.4 is 5.32 Å². The first-order valence-electron chi connectivity index (χ1n) is 10.2. The predicted molar refractivity (Wildman–Crippen MR) is 118 cm³/mol. The van der Waals surface area contributed by atoms with Crippen molar-refractivity contribution in [2.45, 2.75) is 25.5 Å². The van der Waals surface area contributed by atoms with E-state index in [4.69, 9.17) is 4.84 Å². The Balaban J connectivity index is 1.17. The van der Waals surface area contributed by atoms with E-state index in [0.717, 1.165) is 11.4 Å². The number of amides is 1. The number of oxime groups is 1. The standard InChI is InChI=1S/C24H21N5O2/c30-24(25-15-20-16-26-29(27-20)21-10-2-1-3-11-21)23-14-19(28-31-23)13-18-9-6-8-17-7-4-5-12-22(17)18/h1-12,16,23H,13-15H2,(H,25,30). The van der Waals surface area contributed by atoms with Crippen molar-refractivity contribution in [1.29, 1.82) is 0 Å². The minimum absolute atomic E-state index is 0.203. The van der Waals surface area contributed by atoms with Crippen molar-refractivity contribution in [3.05, 3.63) is 90.3 Å². The number of nitrogens with zero attached hydrogens (tertiary/aromatic N) is 4. The Kier molecular flexibility index (Phi) is 5.14. The molecule has 1 N–H and O–H groups in total. The smallest absolute Gasteiger partial charge is 0.264 e. The average molecular weight is 411 g/mol. The molecule has 4 aromatic rings. The fourth-order valence-electron chi connectivity index (χ4n) is 3.69. The van der Waals surface area contributed by atoms with Crippen LogP contribution >= 0.6 is 0 Å².